The highest BCUT2D eigenvalue weighted by Gasteiger charge is 2.00. The highest BCUT2D eigenvalue weighted by molar-refractivity contribution is 5.70. The largest absolute Gasteiger partial charge is 0.508 e. The summed E-state index contributed by atoms with van der Waals surface area (Å²) in [5, 5.41) is 12.0. The Labute approximate surface area is 94.0 Å². The minimum Gasteiger partial charge on any atom is -0.508 e. The highest BCUT2D eigenvalue weighted by atomic mass is 16.6. The number of benzene rings is 1. The second-order valence-electron chi connectivity index (χ2n) is 3.02. The van der Waals surface area contributed by atoms with Gasteiger partial charge in [0.05, 0.1) is 6.61 Å². The average Bonchev–Trinajstić information content (AvgIpc) is 2.27. The molecule has 0 bridgehead atoms. The van der Waals surface area contributed by atoms with E-state index in [0.717, 1.165) is 5.69 Å². The Morgan fingerprint density at radius 2 is 2.06 bits per heavy atom. The first-order valence-corrected chi connectivity index (χ1v) is 4.98. The zero-order valence-electron chi connectivity index (χ0n) is 9.10. The van der Waals surface area contributed by atoms with Crippen molar-refractivity contribution >= 4 is 11.7 Å². The predicted molar refractivity (Wildman–Crippen MR) is 59.2 cm³/mol. The van der Waals surface area contributed by atoms with Gasteiger partial charge in [-0.05, 0) is 31.2 Å². The normalized spacial score (nSPS) is 9.81. The number of rotatable bonds is 6. The van der Waals surface area contributed by atoms with Crippen LogP contribution in [0, 0.1) is 0 Å². The summed E-state index contributed by atoms with van der Waals surface area (Å²) in [5.41, 5.74) is 0.807. The van der Waals surface area contributed by atoms with E-state index in [9.17, 15) is 4.79 Å². The number of aromatic hydroxyl groups is 1. The van der Waals surface area contributed by atoms with Gasteiger partial charge in [-0.2, -0.15) is 0 Å². The van der Waals surface area contributed by atoms with Crippen LogP contribution in [0.2, 0.25) is 0 Å². The summed E-state index contributed by atoms with van der Waals surface area (Å²) in [6.45, 7) is 2.24. The third kappa shape index (κ3) is 4.65. The maximum atomic E-state index is 10.9. The molecule has 88 valence electrons. The molecule has 0 spiro atoms. The van der Waals surface area contributed by atoms with E-state index in [1.54, 1.807) is 31.2 Å². The van der Waals surface area contributed by atoms with Crippen molar-refractivity contribution in [2.24, 2.45) is 0 Å². The first-order chi connectivity index (χ1) is 7.72. The zero-order chi connectivity index (χ0) is 11.8. The predicted octanol–water partition coefficient (Wildman–Crippen LogP) is 1.34. The summed E-state index contributed by atoms with van der Waals surface area (Å²) in [6, 6.07) is 6.55. The summed E-state index contributed by atoms with van der Waals surface area (Å²) in [4.78, 5) is 10.9. The molecule has 0 heterocycles. The van der Waals surface area contributed by atoms with Gasteiger partial charge in [-0.15, -0.1) is 0 Å². The molecule has 1 aromatic rings. The van der Waals surface area contributed by atoms with E-state index in [-0.39, 0.29) is 25.1 Å². The molecule has 1 rings (SSSR count). The van der Waals surface area contributed by atoms with Crippen molar-refractivity contribution in [2.45, 2.75) is 6.92 Å². The Balaban J connectivity index is 2.16. The molecule has 0 aromatic heterocycles. The van der Waals surface area contributed by atoms with Gasteiger partial charge in [-0.25, -0.2) is 4.79 Å². The summed E-state index contributed by atoms with van der Waals surface area (Å²) in [6.07, 6.45) is 0. The van der Waals surface area contributed by atoms with E-state index in [1.165, 1.54) is 0 Å². The zero-order valence-corrected chi connectivity index (χ0v) is 9.10. The number of phenols is 1. The van der Waals surface area contributed by atoms with Gasteiger partial charge in [0.2, 0.25) is 0 Å². The van der Waals surface area contributed by atoms with Crippen LogP contribution in [0.15, 0.2) is 24.3 Å². The number of carbonyl (C=O) groups excluding carboxylic acids is 1. The van der Waals surface area contributed by atoms with E-state index in [2.05, 4.69) is 10.1 Å². The molecule has 0 atom stereocenters. The second kappa shape index (κ2) is 6.68. The Morgan fingerprint density at radius 1 is 1.38 bits per heavy atom. The fraction of sp³-hybridized carbons (Fsp3) is 0.364. The van der Waals surface area contributed by atoms with Crippen LogP contribution in [0.3, 0.4) is 0 Å². The van der Waals surface area contributed by atoms with Crippen LogP contribution in [0.4, 0.5) is 5.69 Å². The Morgan fingerprint density at radius 3 is 2.69 bits per heavy atom. The minimum atomic E-state index is -0.380. The summed E-state index contributed by atoms with van der Waals surface area (Å²) < 4.78 is 9.72. The quantitative estimate of drug-likeness (QED) is 0.331. The minimum absolute atomic E-state index is 0.0705. The van der Waals surface area contributed by atoms with Crippen molar-refractivity contribution in [1.29, 1.82) is 0 Å². The molecule has 16 heavy (non-hydrogen) atoms. The number of carbonyl (C=O) groups is 1. The molecule has 0 aliphatic carbocycles. The first-order valence-electron chi connectivity index (χ1n) is 4.98. The number of ether oxygens (including phenoxy) is 2. The molecule has 0 saturated heterocycles. The van der Waals surface area contributed by atoms with Crippen LogP contribution in [0.1, 0.15) is 6.92 Å². The summed E-state index contributed by atoms with van der Waals surface area (Å²) >= 11 is 0. The topological polar surface area (TPSA) is 67.8 Å². The first kappa shape index (κ1) is 12.3. The van der Waals surface area contributed by atoms with Gasteiger partial charge in [0.25, 0.3) is 0 Å². The molecular formula is C11H15NO4. The lowest BCUT2D eigenvalue weighted by Crippen LogP contribution is -2.16. The average molecular weight is 225 g/mol. The number of nitrogens with one attached hydrogen (secondary N) is 1. The van der Waals surface area contributed by atoms with Crippen molar-refractivity contribution in [1.82, 2.24) is 0 Å². The van der Waals surface area contributed by atoms with Gasteiger partial charge in [-0.1, -0.05) is 0 Å². The van der Waals surface area contributed by atoms with Crippen molar-refractivity contribution in [3.63, 3.8) is 0 Å². The lowest BCUT2D eigenvalue weighted by Gasteiger charge is -2.07. The number of anilines is 1. The van der Waals surface area contributed by atoms with E-state index in [4.69, 9.17) is 9.84 Å². The monoisotopic (exact) mass is 225 g/mol. The van der Waals surface area contributed by atoms with Gasteiger partial charge in [0.1, 0.15) is 19.1 Å². The van der Waals surface area contributed by atoms with Crippen molar-refractivity contribution in [2.75, 3.05) is 25.3 Å². The maximum absolute atomic E-state index is 10.9. The second-order valence-corrected chi connectivity index (χ2v) is 3.02. The molecule has 5 nitrogen and oxygen atoms in total. The van der Waals surface area contributed by atoms with Crippen molar-refractivity contribution < 1.29 is 19.4 Å². The van der Waals surface area contributed by atoms with Crippen molar-refractivity contribution in [3.05, 3.63) is 24.3 Å². The van der Waals surface area contributed by atoms with E-state index >= 15 is 0 Å². The Kier molecular flexibility index (Phi) is 5.15. The fourth-order valence-corrected chi connectivity index (χ4v) is 1.05. The molecule has 2 N–H and O–H groups in total. The lowest BCUT2D eigenvalue weighted by atomic mass is 10.3. The molecule has 5 heteroatoms. The van der Waals surface area contributed by atoms with Gasteiger partial charge in [-0.3, -0.25) is 0 Å². The van der Waals surface area contributed by atoms with Crippen LogP contribution in [-0.4, -0.2) is 31.0 Å². The third-order valence-electron chi connectivity index (χ3n) is 1.77. The summed E-state index contributed by atoms with van der Waals surface area (Å²) in [7, 11) is 0. The number of hydrogen-bond donors (Lipinski definition) is 2. The van der Waals surface area contributed by atoms with Gasteiger partial charge < -0.3 is 19.9 Å². The molecule has 1 aromatic carbocycles. The molecule has 0 radical (unpaired) electrons. The number of phenolic OH excluding ortho intramolecular Hbond substituents is 1. The van der Waals surface area contributed by atoms with Crippen LogP contribution >= 0.6 is 0 Å². The van der Waals surface area contributed by atoms with Crippen LogP contribution in [0.25, 0.3) is 0 Å². The molecule has 0 aliphatic heterocycles. The maximum Gasteiger partial charge on any atom is 0.332 e. The Hall–Kier alpha value is -1.75. The van der Waals surface area contributed by atoms with E-state index < -0.39 is 0 Å². The number of esters is 1. The molecule has 0 saturated carbocycles. The smallest absolute Gasteiger partial charge is 0.332 e. The van der Waals surface area contributed by atoms with Crippen LogP contribution in [-0.2, 0) is 14.3 Å². The molecule has 0 aliphatic rings. The van der Waals surface area contributed by atoms with Gasteiger partial charge in [0.15, 0.2) is 0 Å². The lowest BCUT2D eigenvalue weighted by molar-refractivity contribution is -0.148. The number of hydrogen-bond acceptors (Lipinski definition) is 5. The SMILES string of the molecule is CCOC(=O)COCNc1ccc(O)cc1. The van der Waals surface area contributed by atoms with Crippen molar-refractivity contribution in [3.8, 4) is 5.75 Å². The Bertz CT molecular complexity index is 323. The molecule has 0 fully saturated rings. The molecule has 0 unspecified atom stereocenters. The van der Waals surface area contributed by atoms with Gasteiger partial charge in [0, 0.05) is 5.69 Å². The van der Waals surface area contributed by atoms with Gasteiger partial charge >= 0.3 is 5.97 Å². The fourth-order valence-electron chi connectivity index (χ4n) is 1.05. The highest BCUT2D eigenvalue weighted by Crippen LogP contribution is 2.13. The van der Waals surface area contributed by atoms with Crippen LogP contribution in [0.5, 0.6) is 5.75 Å². The standard InChI is InChI=1S/C11H15NO4/c1-2-16-11(14)7-15-8-12-9-3-5-10(13)6-4-9/h3-6,12-13H,2,7-8H2,1H3. The summed E-state index contributed by atoms with van der Waals surface area (Å²) in [5.74, 6) is -0.173. The molecule has 0 amide bonds. The van der Waals surface area contributed by atoms with Crippen LogP contribution < -0.4 is 5.32 Å². The van der Waals surface area contributed by atoms with E-state index in [0.29, 0.717) is 6.61 Å². The third-order valence-corrected chi connectivity index (χ3v) is 1.77. The molecular weight excluding hydrogens is 210 g/mol. The van der Waals surface area contributed by atoms with E-state index in [1.807, 2.05) is 0 Å².